The van der Waals surface area contributed by atoms with E-state index in [1.54, 1.807) is 23.8 Å². The van der Waals surface area contributed by atoms with Crippen molar-refractivity contribution in [1.82, 2.24) is 9.88 Å². The summed E-state index contributed by atoms with van der Waals surface area (Å²) in [6.07, 6.45) is 5.21. The predicted molar refractivity (Wildman–Crippen MR) is 104 cm³/mol. The van der Waals surface area contributed by atoms with Crippen molar-refractivity contribution in [2.24, 2.45) is 0 Å². The van der Waals surface area contributed by atoms with Gasteiger partial charge in [-0.05, 0) is 31.9 Å². The molecule has 1 aliphatic heterocycles. The van der Waals surface area contributed by atoms with Gasteiger partial charge in [0.2, 0.25) is 0 Å². The molecular formula is C21H23N3O4. The molecule has 0 radical (unpaired) electrons. The first-order chi connectivity index (χ1) is 13.6. The Bertz CT molecular complexity index is 933. The van der Waals surface area contributed by atoms with Crippen LogP contribution in [-0.4, -0.2) is 42.3 Å². The smallest absolute Gasteiger partial charge is 0.325 e. The zero-order chi connectivity index (χ0) is 19.9. The van der Waals surface area contributed by atoms with Crippen LogP contribution in [0.25, 0.3) is 17.0 Å². The third kappa shape index (κ3) is 4.59. The largest absolute Gasteiger partial charge is 0.465 e. The Morgan fingerprint density at radius 3 is 2.96 bits per heavy atom. The molecular weight excluding hydrogens is 358 g/mol. The van der Waals surface area contributed by atoms with Crippen molar-refractivity contribution in [3.8, 4) is 6.07 Å². The lowest BCUT2D eigenvalue weighted by atomic mass is 10.1. The first-order valence-electron chi connectivity index (χ1n) is 9.37. The van der Waals surface area contributed by atoms with Crippen LogP contribution in [-0.2, 0) is 25.6 Å². The van der Waals surface area contributed by atoms with Gasteiger partial charge in [0.25, 0.3) is 5.91 Å². The molecule has 0 spiro atoms. The predicted octanol–water partition coefficient (Wildman–Crippen LogP) is 2.41. The minimum absolute atomic E-state index is 0.00962. The number of nitriles is 1. The molecule has 0 unspecified atom stereocenters. The van der Waals surface area contributed by atoms with E-state index in [9.17, 15) is 14.9 Å². The number of aromatic nitrogens is 1. The van der Waals surface area contributed by atoms with Crippen molar-refractivity contribution in [2.75, 3.05) is 19.8 Å². The standard InChI is InChI=1S/C21H23N3O4/c1-2-27-20(25)14-24-13-16(18-7-3-4-8-19(18)24)10-15(11-22)21(26)23-12-17-6-5-9-28-17/h3-4,7-8,10,13,17H,2,5-6,9,12,14H2,1H3,(H,23,26)/b15-10+/t17-/m1/s1. The Morgan fingerprint density at radius 1 is 1.43 bits per heavy atom. The fourth-order valence-corrected chi connectivity index (χ4v) is 3.28. The van der Waals surface area contributed by atoms with E-state index in [1.165, 1.54) is 0 Å². The van der Waals surface area contributed by atoms with Gasteiger partial charge in [0.1, 0.15) is 18.2 Å². The molecule has 1 N–H and O–H groups in total. The number of ether oxygens (including phenoxy) is 2. The van der Waals surface area contributed by atoms with Crippen molar-refractivity contribution in [1.29, 1.82) is 5.26 Å². The van der Waals surface area contributed by atoms with Gasteiger partial charge in [-0.2, -0.15) is 5.26 Å². The van der Waals surface area contributed by atoms with Crippen LogP contribution in [0.2, 0.25) is 0 Å². The Hall–Kier alpha value is -3.11. The molecule has 0 bridgehead atoms. The maximum atomic E-state index is 12.4. The Balaban J connectivity index is 1.83. The van der Waals surface area contributed by atoms with Crippen molar-refractivity contribution < 1.29 is 19.1 Å². The van der Waals surface area contributed by atoms with Crippen LogP contribution < -0.4 is 5.32 Å². The number of fused-ring (bicyclic) bond motifs is 1. The first kappa shape index (κ1) is 19.6. The molecule has 28 heavy (non-hydrogen) atoms. The summed E-state index contributed by atoms with van der Waals surface area (Å²) in [4.78, 5) is 24.3. The highest BCUT2D eigenvalue weighted by Crippen LogP contribution is 2.24. The normalized spacial score (nSPS) is 16.7. The Labute approximate surface area is 163 Å². The van der Waals surface area contributed by atoms with E-state index >= 15 is 0 Å². The number of hydrogen-bond donors (Lipinski definition) is 1. The molecule has 0 aliphatic carbocycles. The van der Waals surface area contributed by atoms with Gasteiger partial charge in [0.05, 0.1) is 12.7 Å². The Kier molecular flexibility index (Phi) is 6.45. The summed E-state index contributed by atoms with van der Waals surface area (Å²) in [6.45, 7) is 3.24. The molecule has 7 heteroatoms. The van der Waals surface area contributed by atoms with Gasteiger partial charge in [-0.25, -0.2) is 0 Å². The van der Waals surface area contributed by atoms with Crippen LogP contribution in [0.1, 0.15) is 25.3 Å². The highest BCUT2D eigenvalue weighted by molar-refractivity contribution is 6.04. The van der Waals surface area contributed by atoms with Gasteiger partial charge >= 0.3 is 5.97 Å². The minimum Gasteiger partial charge on any atom is -0.465 e. The summed E-state index contributed by atoms with van der Waals surface area (Å²) in [5.74, 6) is -0.770. The molecule has 1 atom stereocenters. The van der Waals surface area contributed by atoms with Gasteiger partial charge in [-0.3, -0.25) is 9.59 Å². The van der Waals surface area contributed by atoms with Crippen molar-refractivity contribution >= 4 is 28.9 Å². The van der Waals surface area contributed by atoms with Gasteiger partial charge in [-0.1, -0.05) is 18.2 Å². The van der Waals surface area contributed by atoms with Crippen molar-refractivity contribution in [3.63, 3.8) is 0 Å². The molecule has 1 aromatic carbocycles. The monoisotopic (exact) mass is 381 g/mol. The van der Waals surface area contributed by atoms with Crippen LogP contribution in [0.4, 0.5) is 0 Å². The van der Waals surface area contributed by atoms with Crippen LogP contribution in [0.3, 0.4) is 0 Å². The zero-order valence-electron chi connectivity index (χ0n) is 15.8. The third-order valence-electron chi connectivity index (χ3n) is 4.60. The SMILES string of the molecule is CCOC(=O)Cn1cc(/C=C(\C#N)C(=O)NC[C@H]2CCCO2)c2ccccc21. The molecule has 1 amide bonds. The second-order valence-corrected chi connectivity index (χ2v) is 6.55. The second-order valence-electron chi connectivity index (χ2n) is 6.55. The quantitative estimate of drug-likeness (QED) is 0.452. The summed E-state index contributed by atoms with van der Waals surface area (Å²) in [6, 6.07) is 9.49. The second kappa shape index (κ2) is 9.20. The van der Waals surface area contributed by atoms with Gasteiger partial charge < -0.3 is 19.4 Å². The molecule has 7 nitrogen and oxygen atoms in total. The molecule has 0 saturated carbocycles. The lowest BCUT2D eigenvalue weighted by molar-refractivity contribution is -0.143. The maximum absolute atomic E-state index is 12.4. The number of amides is 1. The summed E-state index contributed by atoms with van der Waals surface area (Å²) < 4.78 is 12.3. The molecule has 2 heterocycles. The first-order valence-corrected chi connectivity index (χ1v) is 9.37. The average Bonchev–Trinajstić information content (AvgIpc) is 3.33. The number of nitrogens with one attached hydrogen (secondary N) is 1. The van der Waals surface area contributed by atoms with E-state index in [1.807, 2.05) is 30.3 Å². The number of carbonyl (C=O) groups is 2. The number of nitrogens with zero attached hydrogens (tertiary/aromatic N) is 2. The van der Waals surface area contributed by atoms with Crippen LogP contribution >= 0.6 is 0 Å². The number of hydrogen-bond acceptors (Lipinski definition) is 5. The summed E-state index contributed by atoms with van der Waals surface area (Å²) in [7, 11) is 0. The van der Waals surface area contributed by atoms with Gasteiger partial charge in [0, 0.05) is 35.8 Å². The van der Waals surface area contributed by atoms with Gasteiger partial charge in [-0.15, -0.1) is 0 Å². The van der Waals surface area contributed by atoms with E-state index in [2.05, 4.69) is 5.32 Å². The maximum Gasteiger partial charge on any atom is 0.325 e. The lowest BCUT2D eigenvalue weighted by Crippen LogP contribution is -2.32. The fourth-order valence-electron chi connectivity index (χ4n) is 3.28. The van der Waals surface area contributed by atoms with E-state index in [-0.39, 0.29) is 24.2 Å². The molecule has 1 aromatic heterocycles. The van der Waals surface area contributed by atoms with E-state index < -0.39 is 5.91 Å². The van der Waals surface area contributed by atoms with Crippen molar-refractivity contribution in [3.05, 3.63) is 41.6 Å². The van der Waals surface area contributed by atoms with Crippen LogP contribution in [0.5, 0.6) is 0 Å². The molecule has 2 aromatic rings. The minimum atomic E-state index is -0.430. The molecule has 1 fully saturated rings. The Morgan fingerprint density at radius 2 is 2.25 bits per heavy atom. The van der Waals surface area contributed by atoms with Crippen molar-refractivity contribution in [2.45, 2.75) is 32.4 Å². The number of para-hydroxylation sites is 1. The highest BCUT2D eigenvalue weighted by atomic mass is 16.5. The third-order valence-corrected chi connectivity index (χ3v) is 4.60. The number of benzene rings is 1. The lowest BCUT2D eigenvalue weighted by Gasteiger charge is -2.10. The number of esters is 1. The van der Waals surface area contributed by atoms with Gasteiger partial charge in [0.15, 0.2) is 0 Å². The topological polar surface area (TPSA) is 93.4 Å². The summed E-state index contributed by atoms with van der Waals surface area (Å²) in [5.41, 5.74) is 1.54. The highest BCUT2D eigenvalue weighted by Gasteiger charge is 2.18. The van der Waals surface area contributed by atoms with Crippen LogP contribution in [0.15, 0.2) is 36.0 Å². The van der Waals surface area contributed by atoms with E-state index in [0.29, 0.717) is 25.3 Å². The number of carbonyl (C=O) groups excluding carboxylic acids is 2. The zero-order valence-corrected chi connectivity index (χ0v) is 15.8. The fraction of sp³-hybridized carbons (Fsp3) is 0.381. The van der Waals surface area contributed by atoms with Crippen LogP contribution in [0, 0.1) is 11.3 Å². The van der Waals surface area contributed by atoms with E-state index in [4.69, 9.17) is 9.47 Å². The summed E-state index contributed by atoms with van der Waals surface area (Å²) in [5, 5.41) is 13.1. The summed E-state index contributed by atoms with van der Waals surface area (Å²) >= 11 is 0. The molecule has 3 rings (SSSR count). The number of rotatable bonds is 7. The average molecular weight is 381 g/mol. The molecule has 1 aliphatic rings. The molecule has 146 valence electrons. The molecule has 1 saturated heterocycles. The van der Waals surface area contributed by atoms with E-state index in [0.717, 1.165) is 23.7 Å².